The van der Waals surface area contributed by atoms with E-state index in [1.54, 1.807) is 31.5 Å². The molecular formula is C12H12FN3. The predicted octanol–water partition coefficient (Wildman–Crippen LogP) is 2.54. The molecule has 0 bridgehead atoms. The lowest BCUT2D eigenvalue weighted by Crippen LogP contribution is -2.02. The maximum atomic E-state index is 13.6. The molecule has 0 amide bonds. The lowest BCUT2D eigenvalue weighted by molar-refractivity contribution is 0.621. The van der Waals surface area contributed by atoms with Gasteiger partial charge in [-0.2, -0.15) is 0 Å². The third-order valence-electron chi connectivity index (χ3n) is 2.29. The summed E-state index contributed by atoms with van der Waals surface area (Å²) in [5.41, 5.74) is 2.06. The highest BCUT2D eigenvalue weighted by atomic mass is 19.1. The molecule has 0 aliphatic heterocycles. The van der Waals surface area contributed by atoms with Gasteiger partial charge in [-0.25, -0.2) is 14.4 Å². The smallest absolute Gasteiger partial charge is 0.149 e. The van der Waals surface area contributed by atoms with E-state index in [0.29, 0.717) is 17.8 Å². The Labute approximate surface area is 93.4 Å². The third kappa shape index (κ3) is 2.34. The quantitative estimate of drug-likeness (QED) is 0.858. The van der Waals surface area contributed by atoms with Crippen LogP contribution in [0.15, 0.2) is 36.9 Å². The summed E-state index contributed by atoms with van der Waals surface area (Å²) in [5, 5.41) is 3.02. The molecule has 1 N–H and O–H groups in total. The first-order valence-corrected chi connectivity index (χ1v) is 5.00. The van der Waals surface area contributed by atoms with E-state index in [2.05, 4.69) is 15.3 Å². The molecule has 4 heteroatoms. The number of rotatable bonds is 3. The molecule has 0 aliphatic rings. The fourth-order valence-electron chi connectivity index (χ4n) is 1.40. The first-order valence-electron chi connectivity index (χ1n) is 5.00. The lowest BCUT2D eigenvalue weighted by Gasteiger charge is -2.08. The van der Waals surface area contributed by atoms with Crippen LogP contribution in [0.2, 0.25) is 0 Å². The average Bonchev–Trinajstić information content (AvgIpc) is 2.32. The summed E-state index contributed by atoms with van der Waals surface area (Å²) in [5.74, 6) is -0.209. The molecule has 0 radical (unpaired) electrons. The number of halogens is 1. The molecule has 0 spiro atoms. The standard InChI is InChI=1S/C12H12FN3/c1-9-3-2-4-11(12(9)13)16-7-10-5-14-8-15-6-10/h2-6,8,16H,7H2,1H3. The number of nitrogens with zero attached hydrogens (tertiary/aromatic N) is 2. The van der Waals surface area contributed by atoms with Crippen LogP contribution in [-0.2, 0) is 6.54 Å². The van der Waals surface area contributed by atoms with Gasteiger partial charge in [0.2, 0.25) is 0 Å². The van der Waals surface area contributed by atoms with E-state index < -0.39 is 0 Å². The molecular weight excluding hydrogens is 205 g/mol. The highest BCUT2D eigenvalue weighted by Crippen LogP contribution is 2.17. The van der Waals surface area contributed by atoms with Crippen molar-refractivity contribution in [2.75, 3.05) is 5.32 Å². The van der Waals surface area contributed by atoms with Gasteiger partial charge in [-0.1, -0.05) is 12.1 Å². The first-order chi connectivity index (χ1) is 7.77. The van der Waals surface area contributed by atoms with E-state index in [4.69, 9.17) is 0 Å². The molecule has 1 aromatic carbocycles. The van der Waals surface area contributed by atoms with Crippen molar-refractivity contribution in [3.8, 4) is 0 Å². The Kier molecular flexibility index (Phi) is 3.10. The zero-order valence-electron chi connectivity index (χ0n) is 8.94. The van der Waals surface area contributed by atoms with Crippen LogP contribution in [0.25, 0.3) is 0 Å². The minimum absolute atomic E-state index is 0.209. The van der Waals surface area contributed by atoms with Gasteiger partial charge in [0, 0.05) is 24.5 Å². The second-order valence-electron chi connectivity index (χ2n) is 3.54. The Morgan fingerprint density at radius 3 is 2.75 bits per heavy atom. The van der Waals surface area contributed by atoms with Gasteiger partial charge in [0.25, 0.3) is 0 Å². The first kappa shape index (κ1) is 10.5. The fourth-order valence-corrected chi connectivity index (χ4v) is 1.40. The monoisotopic (exact) mass is 217 g/mol. The van der Waals surface area contributed by atoms with E-state index in [1.807, 2.05) is 6.07 Å². The summed E-state index contributed by atoms with van der Waals surface area (Å²) in [7, 11) is 0. The van der Waals surface area contributed by atoms with Crippen LogP contribution in [0, 0.1) is 12.7 Å². The van der Waals surface area contributed by atoms with Crippen LogP contribution in [0.5, 0.6) is 0 Å². The van der Waals surface area contributed by atoms with E-state index in [1.165, 1.54) is 6.33 Å². The second-order valence-corrected chi connectivity index (χ2v) is 3.54. The summed E-state index contributed by atoms with van der Waals surface area (Å²) in [6.07, 6.45) is 4.87. The van der Waals surface area contributed by atoms with E-state index >= 15 is 0 Å². The second kappa shape index (κ2) is 4.70. The number of hydrogen-bond acceptors (Lipinski definition) is 3. The van der Waals surface area contributed by atoms with E-state index in [-0.39, 0.29) is 5.82 Å². The van der Waals surface area contributed by atoms with Crippen molar-refractivity contribution in [2.24, 2.45) is 0 Å². The van der Waals surface area contributed by atoms with Crippen molar-refractivity contribution in [2.45, 2.75) is 13.5 Å². The van der Waals surface area contributed by atoms with Crippen molar-refractivity contribution < 1.29 is 4.39 Å². The summed E-state index contributed by atoms with van der Waals surface area (Å²) in [6, 6.07) is 5.28. The molecule has 0 saturated carbocycles. The zero-order valence-corrected chi connectivity index (χ0v) is 8.94. The van der Waals surface area contributed by atoms with E-state index in [9.17, 15) is 4.39 Å². The molecule has 3 nitrogen and oxygen atoms in total. The van der Waals surface area contributed by atoms with Crippen molar-refractivity contribution >= 4 is 5.69 Å². The Bertz CT molecular complexity index is 471. The molecule has 1 aromatic heterocycles. The van der Waals surface area contributed by atoms with Crippen molar-refractivity contribution in [1.29, 1.82) is 0 Å². The summed E-state index contributed by atoms with van der Waals surface area (Å²) in [6.45, 7) is 2.26. The van der Waals surface area contributed by atoms with Gasteiger partial charge in [0.1, 0.15) is 12.1 Å². The van der Waals surface area contributed by atoms with Crippen LogP contribution >= 0.6 is 0 Å². The highest BCUT2D eigenvalue weighted by Gasteiger charge is 2.03. The summed E-state index contributed by atoms with van der Waals surface area (Å²) in [4.78, 5) is 7.78. The maximum Gasteiger partial charge on any atom is 0.149 e. The molecule has 1 heterocycles. The summed E-state index contributed by atoms with van der Waals surface area (Å²) >= 11 is 0. The van der Waals surface area contributed by atoms with E-state index in [0.717, 1.165) is 5.56 Å². The SMILES string of the molecule is Cc1cccc(NCc2cncnc2)c1F. The molecule has 0 unspecified atom stereocenters. The van der Waals surface area contributed by atoms with Crippen LogP contribution in [0.4, 0.5) is 10.1 Å². The number of hydrogen-bond donors (Lipinski definition) is 1. The molecule has 0 fully saturated rings. The predicted molar refractivity (Wildman–Crippen MR) is 60.5 cm³/mol. The van der Waals surface area contributed by atoms with Crippen LogP contribution in [-0.4, -0.2) is 9.97 Å². The summed E-state index contributed by atoms with van der Waals surface area (Å²) < 4.78 is 13.6. The minimum Gasteiger partial charge on any atom is -0.378 e. The Morgan fingerprint density at radius 2 is 2.00 bits per heavy atom. The lowest BCUT2D eigenvalue weighted by atomic mass is 10.2. The van der Waals surface area contributed by atoms with Gasteiger partial charge in [-0.3, -0.25) is 0 Å². The van der Waals surface area contributed by atoms with Crippen molar-refractivity contribution in [3.63, 3.8) is 0 Å². The van der Waals surface area contributed by atoms with Crippen molar-refractivity contribution in [3.05, 3.63) is 53.9 Å². The molecule has 0 aliphatic carbocycles. The molecule has 2 rings (SSSR count). The van der Waals surface area contributed by atoms with Crippen LogP contribution in [0.1, 0.15) is 11.1 Å². The number of anilines is 1. The van der Waals surface area contributed by atoms with Gasteiger partial charge in [-0.05, 0) is 18.6 Å². The molecule has 82 valence electrons. The maximum absolute atomic E-state index is 13.6. The van der Waals surface area contributed by atoms with Gasteiger partial charge in [-0.15, -0.1) is 0 Å². The van der Waals surface area contributed by atoms with Crippen LogP contribution < -0.4 is 5.32 Å². The normalized spacial score (nSPS) is 10.1. The number of aryl methyl sites for hydroxylation is 1. The van der Waals surface area contributed by atoms with Gasteiger partial charge in [0.05, 0.1) is 5.69 Å². The molecule has 0 atom stereocenters. The number of aromatic nitrogens is 2. The van der Waals surface area contributed by atoms with Gasteiger partial charge < -0.3 is 5.32 Å². The Morgan fingerprint density at radius 1 is 1.25 bits per heavy atom. The number of benzene rings is 1. The third-order valence-corrected chi connectivity index (χ3v) is 2.29. The Hall–Kier alpha value is -1.97. The largest absolute Gasteiger partial charge is 0.378 e. The topological polar surface area (TPSA) is 37.8 Å². The Balaban J connectivity index is 2.08. The van der Waals surface area contributed by atoms with Gasteiger partial charge >= 0.3 is 0 Å². The van der Waals surface area contributed by atoms with Gasteiger partial charge in [0.15, 0.2) is 0 Å². The van der Waals surface area contributed by atoms with Crippen molar-refractivity contribution in [1.82, 2.24) is 9.97 Å². The highest BCUT2D eigenvalue weighted by molar-refractivity contribution is 5.47. The zero-order chi connectivity index (χ0) is 11.4. The molecule has 2 aromatic rings. The minimum atomic E-state index is -0.209. The average molecular weight is 217 g/mol. The number of nitrogens with one attached hydrogen (secondary N) is 1. The molecule has 16 heavy (non-hydrogen) atoms. The molecule has 0 saturated heterocycles. The van der Waals surface area contributed by atoms with Crippen LogP contribution in [0.3, 0.4) is 0 Å². The fraction of sp³-hybridized carbons (Fsp3) is 0.167.